The molecular formula is C26H24N4O5. The second kappa shape index (κ2) is 8.26. The molecule has 2 aromatic carbocycles. The standard InChI is InChI=1S/C26H24N4O5/c31-23(29-9-8-20-18(15-29)13-27-28-20)11-26(19-4-2-1-3-5-19)12-24(32)30(25(26)33)14-17-6-7-21-22(10-17)35-16-34-21/h1-7,10,13H,8-9,11-12,14-16H2,(H,27,28)/t26-/m0/s1. The van der Waals surface area contributed by atoms with Crippen LogP contribution in [0.15, 0.2) is 54.7 Å². The van der Waals surface area contributed by atoms with Crippen LogP contribution >= 0.6 is 0 Å². The molecule has 0 radical (unpaired) electrons. The Labute approximate surface area is 201 Å². The van der Waals surface area contributed by atoms with Crippen molar-refractivity contribution in [3.05, 3.63) is 77.1 Å². The van der Waals surface area contributed by atoms with Gasteiger partial charge in [0.2, 0.25) is 24.5 Å². The number of H-pyrrole nitrogens is 1. The fraction of sp³-hybridized carbons (Fsp3) is 0.308. The van der Waals surface area contributed by atoms with E-state index in [4.69, 9.17) is 9.47 Å². The van der Waals surface area contributed by atoms with E-state index in [0.29, 0.717) is 36.6 Å². The van der Waals surface area contributed by atoms with E-state index < -0.39 is 5.41 Å². The van der Waals surface area contributed by atoms with E-state index in [1.54, 1.807) is 23.2 Å². The molecule has 9 heteroatoms. The predicted octanol–water partition coefficient (Wildman–Crippen LogP) is 2.31. The number of amides is 3. The average Bonchev–Trinajstić information content (AvgIpc) is 3.59. The zero-order valence-electron chi connectivity index (χ0n) is 19.0. The summed E-state index contributed by atoms with van der Waals surface area (Å²) in [6.07, 6.45) is 2.31. The SMILES string of the molecule is O=C(C[C@@]1(c2ccccc2)CC(=O)N(Cc2ccc3c(c2)OCO3)C1=O)N1CCc2[nH]ncc2C1. The minimum Gasteiger partial charge on any atom is -0.454 e. The van der Waals surface area contributed by atoms with Crippen molar-refractivity contribution in [2.75, 3.05) is 13.3 Å². The van der Waals surface area contributed by atoms with Crippen molar-refractivity contribution in [2.45, 2.75) is 37.8 Å². The molecule has 0 unspecified atom stereocenters. The number of benzene rings is 2. The highest BCUT2D eigenvalue weighted by molar-refractivity contribution is 6.10. The first-order valence-electron chi connectivity index (χ1n) is 11.6. The van der Waals surface area contributed by atoms with Gasteiger partial charge in [-0.2, -0.15) is 5.10 Å². The molecule has 3 aliphatic rings. The molecule has 4 heterocycles. The maximum absolute atomic E-state index is 13.9. The molecule has 3 amide bonds. The van der Waals surface area contributed by atoms with Crippen molar-refractivity contribution < 1.29 is 23.9 Å². The van der Waals surface area contributed by atoms with Crippen LogP contribution in [0, 0.1) is 0 Å². The largest absolute Gasteiger partial charge is 0.454 e. The number of carbonyl (C=O) groups excluding carboxylic acids is 3. The van der Waals surface area contributed by atoms with Gasteiger partial charge in [0.25, 0.3) is 0 Å². The molecule has 178 valence electrons. The molecular weight excluding hydrogens is 448 g/mol. The van der Waals surface area contributed by atoms with E-state index in [1.807, 2.05) is 36.4 Å². The first kappa shape index (κ1) is 21.4. The van der Waals surface area contributed by atoms with Crippen LogP contribution < -0.4 is 9.47 Å². The first-order chi connectivity index (χ1) is 17.0. The fourth-order valence-electron chi connectivity index (χ4n) is 5.21. The molecule has 1 fully saturated rings. The molecule has 1 saturated heterocycles. The molecule has 1 N–H and O–H groups in total. The molecule has 0 bridgehead atoms. The highest BCUT2D eigenvalue weighted by atomic mass is 16.7. The number of fused-ring (bicyclic) bond motifs is 2. The van der Waals surface area contributed by atoms with Gasteiger partial charge in [-0.15, -0.1) is 0 Å². The van der Waals surface area contributed by atoms with Crippen LogP contribution in [0.4, 0.5) is 0 Å². The number of hydrogen-bond acceptors (Lipinski definition) is 6. The lowest BCUT2D eigenvalue weighted by atomic mass is 9.75. The Hall–Kier alpha value is -4.14. The van der Waals surface area contributed by atoms with Crippen LogP contribution in [0.25, 0.3) is 0 Å². The van der Waals surface area contributed by atoms with Gasteiger partial charge < -0.3 is 14.4 Å². The summed E-state index contributed by atoms with van der Waals surface area (Å²) in [7, 11) is 0. The predicted molar refractivity (Wildman–Crippen MR) is 123 cm³/mol. The van der Waals surface area contributed by atoms with Gasteiger partial charge >= 0.3 is 0 Å². The topological polar surface area (TPSA) is 105 Å². The van der Waals surface area contributed by atoms with E-state index in [9.17, 15) is 14.4 Å². The number of nitrogens with zero attached hydrogens (tertiary/aromatic N) is 3. The van der Waals surface area contributed by atoms with E-state index in [2.05, 4.69) is 10.2 Å². The van der Waals surface area contributed by atoms with Crippen LogP contribution in [0.2, 0.25) is 0 Å². The number of aromatic nitrogens is 2. The van der Waals surface area contributed by atoms with Crippen LogP contribution in [0.5, 0.6) is 11.5 Å². The molecule has 3 aliphatic heterocycles. The van der Waals surface area contributed by atoms with Gasteiger partial charge in [-0.05, 0) is 23.3 Å². The van der Waals surface area contributed by atoms with Crippen LogP contribution in [0.3, 0.4) is 0 Å². The summed E-state index contributed by atoms with van der Waals surface area (Å²) < 4.78 is 10.8. The average molecular weight is 473 g/mol. The lowest BCUT2D eigenvalue weighted by molar-refractivity contribution is -0.143. The van der Waals surface area contributed by atoms with Gasteiger partial charge in [-0.25, -0.2) is 0 Å². The maximum Gasteiger partial charge on any atom is 0.241 e. The number of nitrogens with one attached hydrogen (secondary N) is 1. The Balaban J connectivity index is 1.29. The van der Waals surface area contributed by atoms with Crippen molar-refractivity contribution >= 4 is 17.7 Å². The van der Waals surface area contributed by atoms with Crippen LogP contribution in [-0.4, -0.2) is 51.1 Å². The molecule has 1 atom stereocenters. The van der Waals surface area contributed by atoms with Crippen molar-refractivity contribution in [2.24, 2.45) is 0 Å². The lowest BCUT2D eigenvalue weighted by Crippen LogP contribution is -2.44. The van der Waals surface area contributed by atoms with Gasteiger partial charge in [0, 0.05) is 43.6 Å². The number of likely N-dealkylation sites (tertiary alicyclic amines) is 1. The minimum absolute atomic E-state index is 0.0447. The van der Waals surface area contributed by atoms with E-state index in [-0.39, 0.29) is 43.9 Å². The number of imide groups is 1. The minimum atomic E-state index is -1.23. The number of ether oxygens (including phenoxy) is 2. The summed E-state index contributed by atoms with van der Waals surface area (Å²) in [6.45, 7) is 1.25. The summed E-state index contributed by atoms with van der Waals surface area (Å²) in [4.78, 5) is 43.6. The zero-order chi connectivity index (χ0) is 24.0. The third-order valence-electron chi connectivity index (χ3n) is 7.12. The number of hydrogen-bond donors (Lipinski definition) is 1. The zero-order valence-corrected chi connectivity index (χ0v) is 19.0. The molecule has 6 rings (SSSR count). The quantitative estimate of drug-likeness (QED) is 0.572. The summed E-state index contributed by atoms with van der Waals surface area (Å²) in [6, 6.07) is 14.5. The third-order valence-corrected chi connectivity index (χ3v) is 7.12. The van der Waals surface area contributed by atoms with Crippen molar-refractivity contribution in [3.8, 4) is 11.5 Å². The second-order valence-corrected chi connectivity index (χ2v) is 9.21. The Bertz CT molecular complexity index is 1320. The third kappa shape index (κ3) is 3.63. The molecule has 3 aromatic rings. The highest BCUT2D eigenvalue weighted by Gasteiger charge is 2.54. The van der Waals surface area contributed by atoms with Crippen molar-refractivity contribution in [1.82, 2.24) is 20.0 Å². The van der Waals surface area contributed by atoms with Crippen LogP contribution in [0.1, 0.15) is 35.2 Å². The monoisotopic (exact) mass is 472 g/mol. The van der Waals surface area contributed by atoms with Crippen molar-refractivity contribution in [3.63, 3.8) is 0 Å². The molecule has 1 aromatic heterocycles. The van der Waals surface area contributed by atoms with Gasteiger partial charge in [0.1, 0.15) is 0 Å². The smallest absolute Gasteiger partial charge is 0.241 e. The van der Waals surface area contributed by atoms with Gasteiger partial charge in [0.05, 0.1) is 18.2 Å². The normalized spacial score (nSPS) is 20.9. The Kier molecular flexibility index (Phi) is 5.05. The Morgan fingerprint density at radius 1 is 1.09 bits per heavy atom. The summed E-state index contributed by atoms with van der Waals surface area (Å²) in [5.74, 6) is 0.446. The van der Waals surface area contributed by atoms with Gasteiger partial charge in [-0.1, -0.05) is 36.4 Å². The molecule has 0 aliphatic carbocycles. The molecule has 0 spiro atoms. The highest BCUT2D eigenvalue weighted by Crippen LogP contribution is 2.42. The number of aromatic amines is 1. The van der Waals surface area contributed by atoms with E-state index in [1.165, 1.54) is 4.90 Å². The van der Waals surface area contributed by atoms with Crippen LogP contribution in [-0.2, 0) is 39.3 Å². The molecule has 0 saturated carbocycles. The van der Waals surface area contributed by atoms with E-state index in [0.717, 1.165) is 16.8 Å². The second-order valence-electron chi connectivity index (χ2n) is 9.21. The van der Waals surface area contributed by atoms with Crippen molar-refractivity contribution in [1.29, 1.82) is 0 Å². The number of rotatable bonds is 5. The Morgan fingerprint density at radius 3 is 2.77 bits per heavy atom. The summed E-state index contributed by atoms with van der Waals surface area (Å²) in [5.41, 5.74) is 2.23. The fourth-order valence-corrected chi connectivity index (χ4v) is 5.21. The van der Waals surface area contributed by atoms with E-state index >= 15 is 0 Å². The summed E-state index contributed by atoms with van der Waals surface area (Å²) in [5, 5.41) is 7.04. The molecule has 35 heavy (non-hydrogen) atoms. The van der Waals surface area contributed by atoms with Gasteiger partial charge in [-0.3, -0.25) is 24.4 Å². The number of carbonyl (C=O) groups is 3. The lowest BCUT2D eigenvalue weighted by Gasteiger charge is -2.32. The maximum atomic E-state index is 13.9. The van der Waals surface area contributed by atoms with Gasteiger partial charge in [0.15, 0.2) is 11.5 Å². The molecule has 9 nitrogen and oxygen atoms in total. The summed E-state index contributed by atoms with van der Waals surface area (Å²) >= 11 is 0. The first-order valence-corrected chi connectivity index (χ1v) is 11.6. The Morgan fingerprint density at radius 2 is 1.91 bits per heavy atom.